The summed E-state index contributed by atoms with van der Waals surface area (Å²) in [7, 11) is 1.61. The predicted molar refractivity (Wildman–Crippen MR) is 125 cm³/mol. The molecule has 168 valence electrons. The van der Waals surface area contributed by atoms with Crippen LogP contribution in [0.2, 0.25) is 0 Å². The fraction of sp³-hybridized carbons (Fsp3) is 0.120. The van der Waals surface area contributed by atoms with E-state index >= 15 is 0 Å². The number of thiazole rings is 1. The van der Waals surface area contributed by atoms with Gasteiger partial charge in [0.25, 0.3) is 5.91 Å². The summed E-state index contributed by atoms with van der Waals surface area (Å²) < 4.78 is 44.8. The second-order valence-corrected chi connectivity index (χ2v) is 8.00. The molecule has 0 bridgehead atoms. The Kier molecular flexibility index (Phi) is 6.20. The number of anilines is 1. The number of rotatable bonds is 6. The molecule has 0 atom stereocenters. The summed E-state index contributed by atoms with van der Waals surface area (Å²) >= 11 is 1.24. The highest BCUT2D eigenvalue weighted by Crippen LogP contribution is 2.37. The van der Waals surface area contributed by atoms with E-state index in [-0.39, 0.29) is 12.1 Å². The van der Waals surface area contributed by atoms with Crippen LogP contribution in [0.15, 0.2) is 78.7 Å². The summed E-state index contributed by atoms with van der Waals surface area (Å²) in [5.41, 5.74) is 0.563. The number of amides is 1. The molecule has 1 amide bonds. The Morgan fingerprint density at radius 1 is 1.12 bits per heavy atom. The van der Waals surface area contributed by atoms with Gasteiger partial charge in [-0.2, -0.15) is 13.2 Å². The molecule has 8 heteroatoms. The number of alkyl halides is 3. The van der Waals surface area contributed by atoms with Crippen LogP contribution >= 0.6 is 11.3 Å². The topological polar surface area (TPSA) is 42.4 Å². The molecule has 3 aromatic carbocycles. The third-order valence-corrected chi connectivity index (χ3v) is 5.96. The maximum absolute atomic E-state index is 13.1. The zero-order valence-corrected chi connectivity index (χ0v) is 18.4. The summed E-state index contributed by atoms with van der Waals surface area (Å²) in [5, 5.41) is 4.05. The molecule has 33 heavy (non-hydrogen) atoms. The van der Waals surface area contributed by atoms with Gasteiger partial charge in [0.1, 0.15) is 5.75 Å². The number of hydrogen-bond donors (Lipinski definition) is 0. The van der Waals surface area contributed by atoms with Crippen molar-refractivity contribution in [2.24, 2.45) is 0 Å². The van der Waals surface area contributed by atoms with E-state index in [0.717, 1.165) is 34.2 Å². The molecule has 1 heterocycles. The van der Waals surface area contributed by atoms with Gasteiger partial charge in [0.2, 0.25) is 0 Å². The summed E-state index contributed by atoms with van der Waals surface area (Å²) in [6, 6.07) is 15.9. The highest BCUT2D eigenvalue weighted by Gasteiger charge is 2.31. The van der Waals surface area contributed by atoms with E-state index in [1.165, 1.54) is 34.4 Å². The smallest absolute Gasteiger partial charge is 0.416 e. The van der Waals surface area contributed by atoms with Gasteiger partial charge in [-0.05, 0) is 35.7 Å². The van der Waals surface area contributed by atoms with Crippen LogP contribution < -0.4 is 9.64 Å². The Morgan fingerprint density at radius 3 is 2.58 bits per heavy atom. The Labute approximate surface area is 192 Å². The largest absolute Gasteiger partial charge is 0.496 e. The maximum atomic E-state index is 13.1. The van der Waals surface area contributed by atoms with Crippen molar-refractivity contribution in [3.63, 3.8) is 0 Å². The van der Waals surface area contributed by atoms with Crippen molar-refractivity contribution in [1.82, 2.24) is 4.98 Å². The molecule has 0 fully saturated rings. The van der Waals surface area contributed by atoms with Crippen LogP contribution in [0.1, 0.15) is 15.9 Å². The zero-order valence-electron chi connectivity index (χ0n) is 17.6. The molecule has 0 spiro atoms. The zero-order chi connectivity index (χ0) is 23.6. The number of carbonyl (C=O) groups excluding carboxylic acids is 1. The van der Waals surface area contributed by atoms with E-state index in [4.69, 9.17) is 4.74 Å². The number of hydrogen-bond acceptors (Lipinski definition) is 4. The van der Waals surface area contributed by atoms with Crippen molar-refractivity contribution in [3.05, 3.63) is 89.8 Å². The Morgan fingerprint density at radius 2 is 1.88 bits per heavy atom. The normalized spacial score (nSPS) is 11.4. The SMILES string of the molecule is C=CCN(C(=O)c1cccc(C(F)(F)F)c1)c1nc(-c2ccc(OC)c3ccccc23)cs1. The average Bonchev–Trinajstić information content (AvgIpc) is 3.30. The van der Waals surface area contributed by atoms with Gasteiger partial charge in [-0.15, -0.1) is 17.9 Å². The minimum absolute atomic E-state index is 0.0710. The lowest BCUT2D eigenvalue weighted by Gasteiger charge is -2.19. The standard InChI is InChI=1S/C25H19F3N2O2S/c1-3-13-30(23(31)16-7-6-8-17(14-16)25(26,27)28)24-29-21(15-33-24)19-11-12-22(32-2)20-10-5-4-9-18(19)20/h3-12,14-15H,1,13H2,2H3. The van der Waals surface area contributed by atoms with Crippen LogP contribution in [0.4, 0.5) is 18.3 Å². The number of carbonyl (C=O) groups is 1. The molecule has 1 aromatic heterocycles. The van der Waals surface area contributed by atoms with Gasteiger partial charge >= 0.3 is 6.18 Å². The average molecular weight is 469 g/mol. The summed E-state index contributed by atoms with van der Waals surface area (Å²) in [6.45, 7) is 3.78. The van der Waals surface area contributed by atoms with Gasteiger partial charge in [0, 0.05) is 28.4 Å². The molecule has 0 saturated heterocycles. The van der Waals surface area contributed by atoms with Crippen LogP contribution in [0.3, 0.4) is 0 Å². The second kappa shape index (κ2) is 9.07. The van der Waals surface area contributed by atoms with Gasteiger partial charge in [-0.1, -0.05) is 36.4 Å². The van der Waals surface area contributed by atoms with Crippen molar-refractivity contribution in [1.29, 1.82) is 0 Å². The Hall–Kier alpha value is -3.65. The van der Waals surface area contributed by atoms with Crippen LogP contribution in [-0.4, -0.2) is 24.5 Å². The van der Waals surface area contributed by atoms with E-state index in [9.17, 15) is 18.0 Å². The molecular formula is C25H19F3N2O2S. The number of benzene rings is 3. The van der Waals surface area contributed by atoms with Crippen molar-refractivity contribution >= 4 is 33.1 Å². The first-order valence-corrected chi connectivity index (χ1v) is 10.8. The molecule has 0 aliphatic carbocycles. The third kappa shape index (κ3) is 4.47. The first-order valence-electron chi connectivity index (χ1n) is 9.95. The quantitative estimate of drug-likeness (QED) is 0.292. The summed E-state index contributed by atoms with van der Waals surface area (Å²) in [5.74, 6) is 0.152. The van der Waals surface area contributed by atoms with Crippen molar-refractivity contribution < 1.29 is 22.7 Å². The molecular weight excluding hydrogens is 449 g/mol. The van der Waals surface area contributed by atoms with Crippen molar-refractivity contribution in [3.8, 4) is 17.0 Å². The van der Waals surface area contributed by atoms with Gasteiger partial charge in [0.15, 0.2) is 5.13 Å². The number of ether oxygens (including phenoxy) is 1. The Bertz CT molecular complexity index is 1330. The van der Waals surface area contributed by atoms with Gasteiger partial charge < -0.3 is 4.74 Å². The first-order chi connectivity index (χ1) is 15.8. The fourth-order valence-electron chi connectivity index (χ4n) is 3.55. The Balaban J connectivity index is 1.73. The number of methoxy groups -OCH3 is 1. The van der Waals surface area contributed by atoms with E-state index in [1.54, 1.807) is 7.11 Å². The van der Waals surface area contributed by atoms with Crippen LogP contribution in [0, 0.1) is 0 Å². The fourth-order valence-corrected chi connectivity index (χ4v) is 4.38. The maximum Gasteiger partial charge on any atom is 0.416 e. The van der Waals surface area contributed by atoms with Gasteiger partial charge in [0.05, 0.1) is 18.4 Å². The number of aromatic nitrogens is 1. The van der Waals surface area contributed by atoms with E-state index < -0.39 is 17.6 Å². The summed E-state index contributed by atoms with van der Waals surface area (Å²) in [6.07, 6.45) is -3.03. The minimum atomic E-state index is -4.54. The van der Waals surface area contributed by atoms with E-state index in [1.807, 2.05) is 41.8 Å². The minimum Gasteiger partial charge on any atom is -0.496 e. The number of fused-ring (bicyclic) bond motifs is 1. The summed E-state index contributed by atoms with van der Waals surface area (Å²) in [4.78, 5) is 19.1. The molecule has 4 rings (SSSR count). The highest BCUT2D eigenvalue weighted by molar-refractivity contribution is 7.14. The monoisotopic (exact) mass is 468 g/mol. The van der Waals surface area contributed by atoms with Crippen LogP contribution in [0.5, 0.6) is 5.75 Å². The molecule has 0 aliphatic heterocycles. The van der Waals surface area contributed by atoms with Crippen molar-refractivity contribution in [2.45, 2.75) is 6.18 Å². The lowest BCUT2D eigenvalue weighted by atomic mass is 10.0. The number of halogens is 3. The molecule has 0 N–H and O–H groups in total. The highest BCUT2D eigenvalue weighted by atomic mass is 32.1. The molecule has 0 aliphatic rings. The second-order valence-electron chi connectivity index (χ2n) is 7.16. The lowest BCUT2D eigenvalue weighted by molar-refractivity contribution is -0.137. The van der Waals surface area contributed by atoms with Gasteiger partial charge in [-0.25, -0.2) is 4.98 Å². The molecule has 0 radical (unpaired) electrons. The van der Waals surface area contributed by atoms with E-state index in [0.29, 0.717) is 10.8 Å². The molecule has 4 nitrogen and oxygen atoms in total. The third-order valence-electron chi connectivity index (χ3n) is 5.10. The molecule has 0 unspecified atom stereocenters. The predicted octanol–water partition coefficient (Wildman–Crippen LogP) is 6.82. The van der Waals surface area contributed by atoms with E-state index in [2.05, 4.69) is 11.6 Å². The van der Waals surface area contributed by atoms with Gasteiger partial charge in [-0.3, -0.25) is 9.69 Å². The molecule has 0 saturated carbocycles. The van der Waals surface area contributed by atoms with Crippen molar-refractivity contribution in [2.75, 3.05) is 18.6 Å². The van der Waals surface area contributed by atoms with Crippen LogP contribution in [0.25, 0.3) is 22.0 Å². The lowest BCUT2D eigenvalue weighted by Crippen LogP contribution is -2.31. The van der Waals surface area contributed by atoms with Crippen LogP contribution in [-0.2, 0) is 6.18 Å². The first kappa shape index (κ1) is 22.5. The number of nitrogens with zero attached hydrogens (tertiary/aromatic N) is 2. The molecule has 4 aromatic rings.